The summed E-state index contributed by atoms with van der Waals surface area (Å²) in [7, 11) is 0. The van der Waals surface area contributed by atoms with E-state index in [0.29, 0.717) is 13.0 Å². The lowest BCUT2D eigenvalue weighted by molar-refractivity contribution is -0.141. The summed E-state index contributed by atoms with van der Waals surface area (Å²) in [6.07, 6.45) is -3.84. The van der Waals surface area contributed by atoms with Gasteiger partial charge in [-0.05, 0) is 36.6 Å². The topological polar surface area (TPSA) is 23.6 Å². The molecule has 28 heavy (non-hydrogen) atoms. The van der Waals surface area contributed by atoms with Gasteiger partial charge in [-0.3, -0.25) is 9.69 Å². The van der Waals surface area contributed by atoms with Crippen LogP contribution in [0.1, 0.15) is 22.3 Å². The monoisotopic (exact) mass is 394 g/mol. The van der Waals surface area contributed by atoms with Gasteiger partial charge in [0.2, 0.25) is 0 Å². The van der Waals surface area contributed by atoms with Gasteiger partial charge in [-0.1, -0.05) is 42.5 Å². The van der Waals surface area contributed by atoms with E-state index in [4.69, 9.17) is 0 Å². The fourth-order valence-corrected chi connectivity index (χ4v) is 3.60. The van der Waals surface area contributed by atoms with Gasteiger partial charge in [0, 0.05) is 19.6 Å². The molecule has 0 aromatic heterocycles. The third kappa shape index (κ3) is 5.55. The molecule has 1 saturated heterocycles. The Bertz CT molecular complexity index is 794. The molecule has 1 unspecified atom stereocenters. The first-order valence-corrected chi connectivity index (χ1v) is 9.18. The third-order valence-corrected chi connectivity index (χ3v) is 4.86. The summed E-state index contributed by atoms with van der Waals surface area (Å²) in [4.78, 5) is 15.5. The Morgan fingerprint density at radius 2 is 1.75 bits per heavy atom. The second-order valence-electron chi connectivity index (χ2n) is 7.16. The van der Waals surface area contributed by atoms with E-state index in [1.54, 1.807) is 0 Å². The molecule has 1 atom stereocenters. The van der Waals surface area contributed by atoms with Crippen LogP contribution in [0.4, 0.5) is 17.6 Å². The smallest absolute Gasteiger partial charge is 0.329 e. The van der Waals surface area contributed by atoms with E-state index in [1.165, 1.54) is 18.2 Å². The van der Waals surface area contributed by atoms with Crippen LogP contribution in [-0.2, 0) is 6.54 Å². The summed E-state index contributed by atoms with van der Waals surface area (Å²) in [5, 5.41) is 0. The van der Waals surface area contributed by atoms with Crippen molar-refractivity contribution in [2.45, 2.75) is 19.1 Å². The molecule has 1 amide bonds. The minimum absolute atomic E-state index is 0.0437. The Kier molecular flexibility index (Phi) is 6.34. The second kappa shape index (κ2) is 8.73. The van der Waals surface area contributed by atoms with Crippen LogP contribution in [0.3, 0.4) is 0 Å². The van der Waals surface area contributed by atoms with Crippen molar-refractivity contribution in [3.8, 4) is 0 Å². The highest BCUT2D eigenvalue weighted by molar-refractivity contribution is 5.94. The first kappa shape index (κ1) is 20.3. The van der Waals surface area contributed by atoms with Crippen molar-refractivity contribution in [1.29, 1.82) is 0 Å². The van der Waals surface area contributed by atoms with E-state index >= 15 is 0 Å². The van der Waals surface area contributed by atoms with Crippen LogP contribution >= 0.6 is 0 Å². The highest BCUT2D eigenvalue weighted by Gasteiger charge is 2.36. The number of alkyl halides is 3. The van der Waals surface area contributed by atoms with Crippen molar-refractivity contribution in [3.63, 3.8) is 0 Å². The van der Waals surface area contributed by atoms with Crippen molar-refractivity contribution in [2.75, 3.05) is 26.2 Å². The molecule has 1 fully saturated rings. The number of rotatable bonds is 6. The fraction of sp³-hybridized carbons (Fsp3) is 0.381. The van der Waals surface area contributed by atoms with E-state index < -0.39 is 24.4 Å². The molecule has 1 aliphatic heterocycles. The summed E-state index contributed by atoms with van der Waals surface area (Å²) < 4.78 is 53.0. The van der Waals surface area contributed by atoms with E-state index in [-0.39, 0.29) is 18.0 Å². The third-order valence-electron chi connectivity index (χ3n) is 4.86. The molecule has 7 heteroatoms. The molecule has 0 N–H and O–H groups in total. The Morgan fingerprint density at radius 1 is 1.07 bits per heavy atom. The minimum Gasteiger partial charge on any atom is -0.329 e. The number of benzene rings is 2. The molecule has 3 nitrogen and oxygen atoms in total. The van der Waals surface area contributed by atoms with Crippen molar-refractivity contribution >= 4 is 5.91 Å². The van der Waals surface area contributed by atoms with Crippen LogP contribution in [-0.4, -0.2) is 48.1 Å². The predicted octanol–water partition coefficient (Wildman–Crippen LogP) is 4.35. The standard InChI is InChI=1S/C21H22F4N2O/c22-19-9-5-4-8-18(19)20(28)27(15-21(23,24)25)14-17-10-11-26(13-17)12-16-6-2-1-3-7-16/h1-9,17H,10-15H2. The molecule has 0 bridgehead atoms. The van der Waals surface area contributed by atoms with E-state index in [0.717, 1.165) is 29.6 Å². The Balaban J connectivity index is 1.66. The Labute approximate surface area is 161 Å². The lowest BCUT2D eigenvalue weighted by atomic mass is 10.1. The van der Waals surface area contributed by atoms with E-state index in [1.807, 2.05) is 30.3 Å². The van der Waals surface area contributed by atoms with Crippen LogP contribution in [0.5, 0.6) is 0 Å². The molecule has 150 valence electrons. The first-order chi connectivity index (χ1) is 13.3. The highest BCUT2D eigenvalue weighted by atomic mass is 19.4. The molecule has 2 aromatic rings. The van der Waals surface area contributed by atoms with Gasteiger partial charge in [0.25, 0.3) is 5.91 Å². The SMILES string of the molecule is O=C(c1ccccc1F)N(CC1CCN(Cc2ccccc2)C1)CC(F)(F)F. The molecule has 1 aliphatic rings. The predicted molar refractivity (Wildman–Crippen MR) is 98.2 cm³/mol. The zero-order chi connectivity index (χ0) is 20.1. The number of likely N-dealkylation sites (tertiary alicyclic amines) is 1. The maximum Gasteiger partial charge on any atom is 0.406 e. The molecule has 0 saturated carbocycles. The molecular formula is C21H22F4N2O. The second-order valence-corrected chi connectivity index (χ2v) is 7.16. The molecular weight excluding hydrogens is 372 g/mol. The largest absolute Gasteiger partial charge is 0.406 e. The Morgan fingerprint density at radius 3 is 2.43 bits per heavy atom. The maximum atomic E-state index is 13.9. The fourth-order valence-electron chi connectivity index (χ4n) is 3.60. The van der Waals surface area contributed by atoms with Gasteiger partial charge in [0.05, 0.1) is 5.56 Å². The summed E-state index contributed by atoms with van der Waals surface area (Å²) in [6.45, 7) is 0.659. The summed E-state index contributed by atoms with van der Waals surface area (Å²) in [5.74, 6) is -1.81. The van der Waals surface area contributed by atoms with Gasteiger partial charge < -0.3 is 4.90 Å². The van der Waals surface area contributed by atoms with Gasteiger partial charge in [-0.2, -0.15) is 13.2 Å². The summed E-state index contributed by atoms with van der Waals surface area (Å²) >= 11 is 0. The van der Waals surface area contributed by atoms with Crippen molar-refractivity contribution in [2.24, 2.45) is 5.92 Å². The lowest BCUT2D eigenvalue weighted by Crippen LogP contribution is -2.42. The van der Waals surface area contributed by atoms with Crippen LogP contribution in [0.2, 0.25) is 0 Å². The molecule has 0 aliphatic carbocycles. The van der Waals surface area contributed by atoms with Gasteiger partial charge in [-0.25, -0.2) is 4.39 Å². The van der Waals surface area contributed by atoms with E-state index in [9.17, 15) is 22.4 Å². The maximum absolute atomic E-state index is 13.9. The number of carbonyl (C=O) groups excluding carboxylic acids is 1. The van der Waals surface area contributed by atoms with Crippen LogP contribution in [0, 0.1) is 11.7 Å². The number of hydrogen-bond donors (Lipinski definition) is 0. The van der Waals surface area contributed by atoms with E-state index in [2.05, 4.69) is 4.90 Å². The van der Waals surface area contributed by atoms with Crippen molar-refractivity contribution < 1.29 is 22.4 Å². The number of nitrogens with zero attached hydrogens (tertiary/aromatic N) is 2. The van der Waals surface area contributed by atoms with Crippen LogP contribution in [0.15, 0.2) is 54.6 Å². The summed E-state index contributed by atoms with van der Waals surface area (Å²) in [6, 6.07) is 15.0. The van der Waals surface area contributed by atoms with Gasteiger partial charge in [-0.15, -0.1) is 0 Å². The van der Waals surface area contributed by atoms with Crippen molar-refractivity contribution in [1.82, 2.24) is 9.80 Å². The van der Waals surface area contributed by atoms with Crippen molar-refractivity contribution in [3.05, 3.63) is 71.5 Å². The quantitative estimate of drug-likeness (QED) is 0.680. The van der Waals surface area contributed by atoms with Crippen LogP contribution in [0.25, 0.3) is 0 Å². The van der Waals surface area contributed by atoms with Gasteiger partial charge >= 0.3 is 6.18 Å². The summed E-state index contributed by atoms with van der Waals surface area (Å²) in [5.41, 5.74) is 0.809. The number of carbonyl (C=O) groups is 1. The first-order valence-electron chi connectivity index (χ1n) is 9.18. The average Bonchev–Trinajstić information content (AvgIpc) is 3.07. The zero-order valence-electron chi connectivity index (χ0n) is 15.3. The molecule has 3 rings (SSSR count). The number of halogens is 4. The molecule has 0 radical (unpaired) electrons. The zero-order valence-corrected chi connectivity index (χ0v) is 15.3. The average molecular weight is 394 g/mol. The van der Waals surface area contributed by atoms with Gasteiger partial charge in [0.15, 0.2) is 0 Å². The van der Waals surface area contributed by atoms with Gasteiger partial charge in [0.1, 0.15) is 12.4 Å². The highest BCUT2D eigenvalue weighted by Crippen LogP contribution is 2.24. The molecule has 2 aromatic carbocycles. The normalized spacial score (nSPS) is 17.6. The molecule has 1 heterocycles. The lowest BCUT2D eigenvalue weighted by Gasteiger charge is -2.27. The Hall–Kier alpha value is -2.41. The molecule has 0 spiro atoms. The number of hydrogen-bond acceptors (Lipinski definition) is 2. The van der Waals surface area contributed by atoms with Crippen LogP contribution < -0.4 is 0 Å². The minimum atomic E-state index is -4.54. The number of amides is 1.